The van der Waals surface area contributed by atoms with Gasteiger partial charge in [-0.3, -0.25) is 4.98 Å². The largest absolute Gasteiger partial charge is 0.253 e. The van der Waals surface area contributed by atoms with Crippen LogP contribution < -0.4 is 0 Å². The topological polar surface area (TPSA) is 12.9 Å². The third-order valence-corrected chi connectivity index (χ3v) is 3.57. The minimum absolute atomic E-state index is 1.02. The zero-order valence-corrected chi connectivity index (χ0v) is 13.0. The van der Waals surface area contributed by atoms with Gasteiger partial charge in [0, 0.05) is 11.3 Å². The molecule has 3 rings (SSSR count). The fraction of sp³-hybridized carbons (Fsp3) is 0.0952. The molecule has 0 spiro atoms. The highest BCUT2D eigenvalue weighted by Gasteiger charge is 2.08. The Kier molecular flexibility index (Phi) is 4.15. The SMILES string of the molecule is Cc1cc(C)nc(/C(=C/c2ccccc2)c2ccccc2)c1. The molecule has 0 unspecified atom stereocenters. The lowest BCUT2D eigenvalue weighted by molar-refractivity contribution is 1.15. The van der Waals surface area contributed by atoms with Gasteiger partial charge >= 0.3 is 0 Å². The Morgan fingerprint density at radius 3 is 2.09 bits per heavy atom. The summed E-state index contributed by atoms with van der Waals surface area (Å²) >= 11 is 0. The van der Waals surface area contributed by atoms with Crippen LogP contribution in [0.25, 0.3) is 11.6 Å². The van der Waals surface area contributed by atoms with Crippen LogP contribution in [-0.2, 0) is 0 Å². The van der Waals surface area contributed by atoms with Crippen molar-refractivity contribution < 1.29 is 0 Å². The molecule has 0 saturated heterocycles. The Labute approximate surface area is 132 Å². The average molecular weight is 285 g/mol. The number of hydrogen-bond acceptors (Lipinski definition) is 1. The summed E-state index contributed by atoms with van der Waals surface area (Å²) < 4.78 is 0. The lowest BCUT2D eigenvalue weighted by Crippen LogP contribution is -1.95. The zero-order chi connectivity index (χ0) is 15.4. The third-order valence-electron chi connectivity index (χ3n) is 3.57. The Bertz CT molecular complexity index is 766. The van der Waals surface area contributed by atoms with E-state index in [1.165, 1.54) is 16.7 Å². The van der Waals surface area contributed by atoms with Gasteiger partial charge in [0.25, 0.3) is 0 Å². The van der Waals surface area contributed by atoms with Gasteiger partial charge in [-0.05, 0) is 48.7 Å². The van der Waals surface area contributed by atoms with Crippen LogP contribution in [-0.4, -0.2) is 4.98 Å². The van der Waals surface area contributed by atoms with Crippen molar-refractivity contribution in [1.29, 1.82) is 0 Å². The van der Waals surface area contributed by atoms with Crippen molar-refractivity contribution >= 4 is 11.6 Å². The standard InChI is InChI=1S/C21H19N/c1-16-13-17(2)22-21(14-16)20(19-11-7-4-8-12-19)15-18-9-5-3-6-10-18/h3-15H,1-2H3/b20-15+. The van der Waals surface area contributed by atoms with E-state index < -0.39 is 0 Å². The summed E-state index contributed by atoms with van der Waals surface area (Å²) in [5.41, 5.74) is 6.82. The lowest BCUT2D eigenvalue weighted by Gasteiger charge is -2.10. The quantitative estimate of drug-likeness (QED) is 0.596. The maximum atomic E-state index is 4.74. The van der Waals surface area contributed by atoms with Crippen molar-refractivity contribution in [1.82, 2.24) is 4.98 Å². The first-order valence-electron chi connectivity index (χ1n) is 7.50. The van der Waals surface area contributed by atoms with Gasteiger partial charge in [-0.25, -0.2) is 0 Å². The van der Waals surface area contributed by atoms with Crippen molar-refractivity contribution in [3.05, 3.63) is 101 Å². The van der Waals surface area contributed by atoms with Crippen LogP contribution in [0.4, 0.5) is 0 Å². The van der Waals surface area contributed by atoms with Crippen molar-refractivity contribution in [2.45, 2.75) is 13.8 Å². The summed E-state index contributed by atoms with van der Waals surface area (Å²) in [7, 11) is 0. The predicted octanol–water partition coefficient (Wildman–Crippen LogP) is 5.29. The summed E-state index contributed by atoms with van der Waals surface area (Å²) in [6.45, 7) is 4.16. The molecule has 0 amide bonds. The first-order chi connectivity index (χ1) is 10.7. The molecule has 2 aromatic carbocycles. The molecule has 0 N–H and O–H groups in total. The second-order valence-corrected chi connectivity index (χ2v) is 5.51. The van der Waals surface area contributed by atoms with Crippen LogP contribution in [0.5, 0.6) is 0 Å². The molecular weight excluding hydrogens is 266 g/mol. The molecule has 0 aliphatic carbocycles. The van der Waals surface area contributed by atoms with Gasteiger partial charge in [0.15, 0.2) is 0 Å². The van der Waals surface area contributed by atoms with E-state index >= 15 is 0 Å². The number of aromatic nitrogens is 1. The highest BCUT2D eigenvalue weighted by Crippen LogP contribution is 2.25. The normalized spacial score (nSPS) is 11.5. The van der Waals surface area contributed by atoms with Crippen molar-refractivity contribution in [2.75, 3.05) is 0 Å². The fourth-order valence-corrected chi connectivity index (χ4v) is 2.62. The van der Waals surface area contributed by atoms with Crippen LogP contribution in [0.3, 0.4) is 0 Å². The molecule has 108 valence electrons. The second kappa shape index (κ2) is 6.40. The maximum Gasteiger partial charge on any atom is 0.0714 e. The molecule has 0 saturated carbocycles. The van der Waals surface area contributed by atoms with Gasteiger partial charge in [-0.15, -0.1) is 0 Å². The lowest BCUT2D eigenvalue weighted by atomic mass is 9.98. The highest BCUT2D eigenvalue weighted by molar-refractivity contribution is 5.90. The van der Waals surface area contributed by atoms with Gasteiger partial charge in [0.05, 0.1) is 5.69 Å². The Morgan fingerprint density at radius 2 is 1.45 bits per heavy atom. The molecular formula is C21H19N. The average Bonchev–Trinajstić information content (AvgIpc) is 2.53. The Balaban J connectivity index is 2.17. The van der Waals surface area contributed by atoms with Crippen LogP contribution in [0.1, 0.15) is 28.1 Å². The van der Waals surface area contributed by atoms with Gasteiger partial charge in [-0.2, -0.15) is 0 Å². The van der Waals surface area contributed by atoms with E-state index in [1.807, 2.05) is 19.1 Å². The van der Waals surface area contributed by atoms with E-state index in [0.717, 1.165) is 17.0 Å². The fourth-order valence-electron chi connectivity index (χ4n) is 2.62. The number of benzene rings is 2. The molecule has 1 nitrogen and oxygen atoms in total. The zero-order valence-electron chi connectivity index (χ0n) is 13.0. The second-order valence-electron chi connectivity index (χ2n) is 5.51. The monoisotopic (exact) mass is 285 g/mol. The molecule has 0 aliphatic rings. The summed E-state index contributed by atoms with van der Waals surface area (Å²) in [6, 6.07) is 25.1. The van der Waals surface area contributed by atoms with Gasteiger partial charge in [0.2, 0.25) is 0 Å². The molecule has 0 atom stereocenters. The summed E-state index contributed by atoms with van der Waals surface area (Å²) in [5, 5.41) is 0. The third kappa shape index (κ3) is 3.32. The van der Waals surface area contributed by atoms with E-state index in [-0.39, 0.29) is 0 Å². The maximum absolute atomic E-state index is 4.74. The Morgan fingerprint density at radius 1 is 0.818 bits per heavy atom. The van der Waals surface area contributed by atoms with Gasteiger partial charge in [-0.1, -0.05) is 60.7 Å². The molecule has 1 heteroatoms. The molecule has 0 bridgehead atoms. The number of aryl methyl sites for hydroxylation is 2. The van der Waals surface area contributed by atoms with Crippen LogP contribution in [0, 0.1) is 13.8 Å². The molecule has 3 aromatic rings. The predicted molar refractivity (Wildman–Crippen MR) is 93.6 cm³/mol. The van der Waals surface area contributed by atoms with Gasteiger partial charge in [0.1, 0.15) is 0 Å². The summed E-state index contributed by atoms with van der Waals surface area (Å²) in [5.74, 6) is 0. The van der Waals surface area contributed by atoms with Gasteiger partial charge < -0.3 is 0 Å². The molecule has 0 radical (unpaired) electrons. The molecule has 22 heavy (non-hydrogen) atoms. The first-order valence-corrected chi connectivity index (χ1v) is 7.50. The first kappa shape index (κ1) is 14.3. The number of pyridine rings is 1. The van der Waals surface area contributed by atoms with Crippen molar-refractivity contribution in [2.24, 2.45) is 0 Å². The summed E-state index contributed by atoms with van der Waals surface area (Å²) in [6.07, 6.45) is 2.20. The number of hydrogen-bond donors (Lipinski definition) is 0. The van der Waals surface area contributed by atoms with E-state index in [2.05, 4.69) is 73.7 Å². The minimum Gasteiger partial charge on any atom is -0.253 e. The van der Waals surface area contributed by atoms with E-state index in [4.69, 9.17) is 4.98 Å². The van der Waals surface area contributed by atoms with Crippen molar-refractivity contribution in [3.8, 4) is 0 Å². The highest BCUT2D eigenvalue weighted by atomic mass is 14.7. The van der Waals surface area contributed by atoms with Crippen LogP contribution >= 0.6 is 0 Å². The summed E-state index contributed by atoms with van der Waals surface area (Å²) in [4.78, 5) is 4.74. The number of nitrogens with zero attached hydrogens (tertiary/aromatic N) is 1. The molecule has 0 fully saturated rings. The molecule has 1 heterocycles. The van der Waals surface area contributed by atoms with Crippen molar-refractivity contribution in [3.63, 3.8) is 0 Å². The van der Waals surface area contributed by atoms with E-state index in [0.29, 0.717) is 0 Å². The number of rotatable bonds is 3. The molecule has 1 aromatic heterocycles. The molecule has 0 aliphatic heterocycles. The van der Waals surface area contributed by atoms with Crippen LogP contribution in [0.15, 0.2) is 72.8 Å². The van der Waals surface area contributed by atoms with E-state index in [9.17, 15) is 0 Å². The smallest absolute Gasteiger partial charge is 0.0714 e. The Hall–Kier alpha value is -2.67. The van der Waals surface area contributed by atoms with Crippen LogP contribution in [0.2, 0.25) is 0 Å². The minimum atomic E-state index is 1.02. The van der Waals surface area contributed by atoms with E-state index in [1.54, 1.807) is 0 Å².